The van der Waals surface area contributed by atoms with Crippen molar-refractivity contribution in [3.8, 4) is 0 Å². The molecule has 11 heteroatoms. The average molecular weight is 412 g/mol. The van der Waals surface area contributed by atoms with Crippen molar-refractivity contribution in [3.05, 3.63) is 29.3 Å². The molecule has 156 valence electrons. The van der Waals surface area contributed by atoms with E-state index in [0.29, 0.717) is 12.1 Å². The van der Waals surface area contributed by atoms with E-state index in [2.05, 4.69) is 5.32 Å². The molecule has 0 spiro atoms. The lowest BCUT2D eigenvalue weighted by Gasteiger charge is -2.18. The Bertz CT molecular complexity index is 694. The standard InChI is InChI=1S/C17H18F6N2O3/c18-16(19,20)10-5-11(17(21,22)23)7-12(6-10)25-15(28)14(27)24-8-13(26)9-3-1-2-4-9/h5-7,9,13,26H,1-4,8H2,(H,24,27)(H,25,28). The first kappa shape index (κ1) is 22.0. The highest BCUT2D eigenvalue weighted by Crippen LogP contribution is 2.37. The molecule has 1 unspecified atom stereocenters. The summed E-state index contributed by atoms with van der Waals surface area (Å²) in [6.07, 6.45) is -7.62. The summed E-state index contributed by atoms with van der Waals surface area (Å²) in [4.78, 5) is 23.6. The van der Waals surface area contributed by atoms with Crippen molar-refractivity contribution in [1.29, 1.82) is 0 Å². The fraction of sp³-hybridized carbons (Fsp3) is 0.529. The molecule has 0 saturated heterocycles. The van der Waals surface area contributed by atoms with Gasteiger partial charge in [-0.05, 0) is 37.0 Å². The van der Waals surface area contributed by atoms with Gasteiger partial charge in [-0.3, -0.25) is 9.59 Å². The summed E-state index contributed by atoms with van der Waals surface area (Å²) in [5, 5.41) is 13.8. The van der Waals surface area contributed by atoms with E-state index in [1.165, 1.54) is 0 Å². The van der Waals surface area contributed by atoms with Crippen LogP contribution in [-0.4, -0.2) is 29.6 Å². The van der Waals surface area contributed by atoms with Gasteiger partial charge in [0.15, 0.2) is 0 Å². The molecule has 0 radical (unpaired) electrons. The van der Waals surface area contributed by atoms with Crippen molar-refractivity contribution >= 4 is 17.5 Å². The smallest absolute Gasteiger partial charge is 0.391 e. The minimum Gasteiger partial charge on any atom is -0.391 e. The Morgan fingerprint density at radius 2 is 1.46 bits per heavy atom. The van der Waals surface area contributed by atoms with Crippen LogP contribution in [0.5, 0.6) is 0 Å². The minimum atomic E-state index is -5.08. The lowest BCUT2D eigenvalue weighted by Crippen LogP contribution is -2.41. The summed E-state index contributed by atoms with van der Waals surface area (Å²) in [6.45, 7) is -0.243. The maximum absolute atomic E-state index is 12.8. The third-order valence-electron chi connectivity index (χ3n) is 4.47. The van der Waals surface area contributed by atoms with Crippen LogP contribution in [0.25, 0.3) is 0 Å². The fourth-order valence-corrected chi connectivity index (χ4v) is 3.00. The molecule has 1 aliphatic carbocycles. The van der Waals surface area contributed by atoms with E-state index < -0.39 is 47.1 Å². The second kappa shape index (κ2) is 8.38. The summed E-state index contributed by atoms with van der Waals surface area (Å²) < 4.78 is 76.8. The zero-order chi connectivity index (χ0) is 21.1. The van der Waals surface area contributed by atoms with Crippen LogP contribution in [0, 0.1) is 5.92 Å². The van der Waals surface area contributed by atoms with Crippen molar-refractivity contribution < 1.29 is 41.0 Å². The van der Waals surface area contributed by atoms with Gasteiger partial charge in [0.25, 0.3) is 0 Å². The van der Waals surface area contributed by atoms with Gasteiger partial charge in [0.2, 0.25) is 0 Å². The maximum atomic E-state index is 12.8. The quantitative estimate of drug-likeness (QED) is 0.525. The number of anilines is 1. The van der Waals surface area contributed by atoms with Gasteiger partial charge in [0.1, 0.15) is 0 Å². The van der Waals surface area contributed by atoms with E-state index in [4.69, 9.17) is 0 Å². The highest BCUT2D eigenvalue weighted by Gasteiger charge is 2.37. The van der Waals surface area contributed by atoms with Gasteiger partial charge in [0, 0.05) is 12.2 Å². The largest absolute Gasteiger partial charge is 0.416 e. The number of carbonyl (C=O) groups excluding carboxylic acids is 2. The highest BCUT2D eigenvalue weighted by atomic mass is 19.4. The van der Waals surface area contributed by atoms with Crippen LogP contribution in [0.2, 0.25) is 0 Å². The van der Waals surface area contributed by atoms with Crippen LogP contribution in [0.4, 0.5) is 32.0 Å². The molecule has 1 saturated carbocycles. The Morgan fingerprint density at radius 3 is 1.93 bits per heavy atom. The topological polar surface area (TPSA) is 78.4 Å². The number of hydrogen-bond acceptors (Lipinski definition) is 3. The summed E-state index contributed by atoms with van der Waals surface area (Å²) in [6, 6.07) is 0.509. The van der Waals surface area contributed by atoms with E-state index in [-0.39, 0.29) is 18.5 Å². The Morgan fingerprint density at radius 1 is 0.964 bits per heavy atom. The molecular formula is C17H18F6N2O3. The molecule has 2 rings (SSSR count). The molecule has 5 nitrogen and oxygen atoms in total. The van der Waals surface area contributed by atoms with Crippen LogP contribution in [0.1, 0.15) is 36.8 Å². The molecule has 0 heterocycles. The zero-order valence-corrected chi connectivity index (χ0v) is 14.5. The van der Waals surface area contributed by atoms with Crippen molar-refractivity contribution in [2.45, 2.75) is 44.1 Å². The molecule has 1 fully saturated rings. The van der Waals surface area contributed by atoms with Gasteiger partial charge in [-0.2, -0.15) is 26.3 Å². The first-order chi connectivity index (χ1) is 12.9. The number of aliphatic hydroxyl groups excluding tert-OH is 1. The Kier molecular flexibility index (Phi) is 6.58. The molecule has 0 bridgehead atoms. The molecule has 1 atom stereocenters. The summed E-state index contributed by atoms with van der Waals surface area (Å²) >= 11 is 0. The van der Waals surface area contributed by atoms with E-state index >= 15 is 0 Å². The van der Waals surface area contributed by atoms with Gasteiger partial charge in [0.05, 0.1) is 17.2 Å². The predicted molar refractivity (Wildman–Crippen MR) is 86.1 cm³/mol. The number of nitrogens with one attached hydrogen (secondary N) is 2. The van der Waals surface area contributed by atoms with Crippen LogP contribution in [0.15, 0.2) is 18.2 Å². The number of rotatable bonds is 4. The predicted octanol–water partition coefficient (Wildman–Crippen LogP) is 3.33. The third-order valence-corrected chi connectivity index (χ3v) is 4.47. The van der Waals surface area contributed by atoms with Crippen LogP contribution in [0.3, 0.4) is 0 Å². The fourth-order valence-electron chi connectivity index (χ4n) is 3.00. The van der Waals surface area contributed by atoms with Gasteiger partial charge < -0.3 is 15.7 Å². The second-order valence-electron chi connectivity index (χ2n) is 6.57. The zero-order valence-electron chi connectivity index (χ0n) is 14.5. The van der Waals surface area contributed by atoms with E-state index in [1.807, 2.05) is 0 Å². The van der Waals surface area contributed by atoms with Crippen LogP contribution < -0.4 is 10.6 Å². The number of amides is 2. The Balaban J connectivity index is 2.06. The molecule has 3 N–H and O–H groups in total. The third kappa shape index (κ3) is 5.85. The summed E-state index contributed by atoms with van der Waals surface area (Å²) in [5.41, 5.74) is -4.05. The molecule has 0 aromatic heterocycles. The number of aliphatic hydroxyl groups is 1. The first-order valence-corrected chi connectivity index (χ1v) is 8.44. The number of hydrogen-bond donors (Lipinski definition) is 3. The van der Waals surface area contributed by atoms with Crippen LogP contribution >= 0.6 is 0 Å². The highest BCUT2D eigenvalue weighted by molar-refractivity contribution is 6.39. The lowest BCUT2D eigenvalue weighted by molar-refractivity contribution is -0.143. The lowest BCUT2D eigenvalue weighted by atomic mass is 10.0. The molecule has 0 aliphatic heterocycles. The Labute approximate surface area is 156 Å². The number of carbonyl (C=O) groups is 2. The molecule has 1 aliphatic rings. The van der Waals surface area contributed by atoms with Gasteiger partial charge in [-0.1, -0.05) is 12.8 Å². The summed E-state index contributed by atoms with van der Waals surface area (Å²) in [7, 11) is 0. The van der Waals surface area contributed by atoms with E-state index in [1.54, 1.807) is 5.32 Å². The monoisotopic (exact) mass is 412 g/mol. The number of alkyl halides is 6. The van der Waals surface area contributed by atoms with Crippen molar-refractivity contribution in [3.63, 3.8) is 0 Å². The summed E-state index contributed by atoms with van der Waals surface area (Å²) in [5.74, 6) is -2.74. The van der Waals surface area contributed by atoms with Crippen molar-refractivity contribution in [2.75, 3.05) is 11.9 Å². The number of benzene rings is 1. The second-order valence-corrected chi connectivity index (χ2v) is 6.57. The number of halogens is 6. The van der Waals surface area contributed by atoms with Crippen molar-refractivity contribution in [1.82, 2.24) is 5.32 Å². The van der Waals surface area contributed by atoms with E-state index in [9.17, 15) is 41.0 Å². The first-order valence-electron chi connectivity index (χ1n) is 8.44. The normalized spacial score (nSPS) is 16.7. The van der Waals surface area contributed by atoms with Gasteiger partial charge in [-0.25, -0.2) is 0 Å². The molecular weight excluding hydrogens is 394 g/mol. The van der Waals surface area contributed by atoms with Gasteiger partial charge >= 0.3 is 24.2 Å². The Hall–Kier alpha value is -2.30. The maximum Gasteiger partial charge on any atom is 0.416 e. The van der Waals surface area contributed by atoms with E-state index in [0.717, 1.165) is 25.7 Å². The van der Waals surface area contributed by atoms with Crippen LogP contribution in [-0.2, 0) is 21.9 Å². The SMILES string of the molecule is O=C(NCC(O)C1CCCC1)C(=O)Nc1cc(C(F)(F)F)cc(C(F)(F)F)c1. The van der Waals surface area contributed by atoms with Crippen molar-refractivity contribution in [2.24, 2.45) is 5.92 Å². The molecule has 2 amide bonds. The molecule has 28 heavy (non-hydrogen) atoms. The molecule has 1 aromatic carbocycles. The molecule has 1 aromatic rings. The average Bonchev–Trinajstić information content (AvgIpc) is 3.12. The van der Waals surface area contributed by atoms with Gasteiger partial charge in [-0.15, -0.1) is 0 Å². The minimum absolute atomic E-state index is 0.0267.